The van der Waals surface area contributed by atoms with E-state index in [2.05, 4.69) is 26.8 Å². The van der Waals surface area contributed by atoms with E-state index >= 15 is 0 Å². The molecular weight excluding hydrogens is 273 g/mol. The second-order valence-electron chi connectivity index (χ2n) is 4.34. The van der Waals surface area contributed by atoms with Crippen LogP contribution < -0.4 is 24.0 Å². The van der Waals surface area contributed by atoms with Crippen LogP contribution in [0.4, 0.5) is 0 Å². The van der Waals surface area contributed by atoms with Crippen LogP contribution >= 0.6 is 0 Å². The van der Waals surface area contributed by atoms with E-state index in [1.165, 1.54) is 19.3 Å². The standard InChI is InChI=1S/C11H20N.HI/c1-5-9-12(4)10(2)7-6-8-11(12)3;/h1,10-11H,6-9H2,2-4H3;1H/q+1;/p-1. The normalized spacial score (nSPS) is 38.9. The van der Waals surface area contributed by atoms with E-state index in [0.717, 1.165) is 23.1 Å². The van der Waals surface area contributed by atoms with Crippen LogP contribution in [0.2, 0.25) is 0 Å². The van der Waals surface area contributed by atoms with Gasteiger partial charge in [0, 0.05) is 0 Å². The molecule has 0 aromatic rings. The number of piperidine rings is 1. The Morgan fingerprint density at radius 1 is 1.31 bits per heavy atom. The first-order chi connectivity index (χ1) is 5.61. The Hall–Kier alpha value is 0.250. The highest BCUT2D eigenvalue weighted by Crippen LogP contribution is 2.28. The number of terminal acetylenes is 1. The summed E-state index contributed by atoms with van der Waals surface area (Å²) in [5.74, 6) is 2.81. The molecule has 1 heterocycles. The van der Waals surface area contributed by atoms with Gasteiger partial charge in [0.15, 0.2) is 0 Å². The number of nitrogens with zero attached hydrogens (tertiary/aromatic N) is 1. The van der Waals surface area contributed by atoms with Gasteiger partial charge in [-0.15, -0.1) is 6.42 Å². The van der Waals surface area contributed by atoms with Crippen molar-refractivity contribution in [2.75, 3.05) is 13.6 Å². The highest BCUT2D eigenvalue weighted by Gasteiger charge is 2.37. The van der Waals surface area contributed by atoms with Crippen LogP contribution in [0.25, 0.3) is 0 Å². The van der Waals surface area contributed by atoms with Crippen molar-refractivity contribution in [3.8, 4) is 12.3 Å². The van der Waals surface area contributed by atoms with Gasteiger partial charge in [-0.25, -0.2) is 0 Å². The zero-order valence-corrected chi connectivity index (χ0v) is 11.0. The zero-order chi connectivity index (χ0) is 9.19. The molecule has 1 aliphatic rings. The highest BCUT2D eigenvalue weighted by molar-refractivity contribution is 4.85. The fourth-order valence-electron chi connectivity index (χ4n) is 2.24. The van der Waals surface area contributed by atoms with Crippen LogP contribution in [0.1, 0.15) is 33.1 Å². The topological polar surface area (TPSA) is 0 Å². The van der Waals surface area contributed by atoms with E-state index in [9.17, 15) is 0 Å². The van der Waals surface area contributed by atoms with Crippen LogP contribution in [0.3, 0.4) is 0 Å². The lowest BCUT2D eigenvalue weighted by Crippen LogP contribution is -3.00. The van der Waals surface area contributed by atoms with Gasteiger partial charge in [-0.05, 0) is 39.0 Å². The number of hydrogen-bond donors (Lipinski definition) is 0. The predicted octanol–water partition coefficient (Wildman–Crippen LogP) is -0.969. The molecule has 0 spiro atoms. The van der Waals surface area contributed by atoms with Gasteiger partial charge in [0.1, 0.15) is 6.54 Å². The fraction of sp³-hybridized carbons (Fsp3) is 0.818. The van der Waals surface area contributed by atoms with Gasteiger partial charge in [-0.3, -0.25) is 0 Å². The fourth-order valence-corrected chi connectivity index (χ4v) is 2.24. The van der Waals surface area contributed by atoms with Crippen molar-refractivity contribution in [1.29, 1.82) is 0 Å². The van der Waals surface area contributed by atoms with Crippen LogP contribution in [-0.4, -0.2) is 30.2 Å². The third kappa shape index (κ3) is 2.60. The van der Waals surface area contributed by atoms with E-state index < -0.39 is 0 Å². The summed E-state index contributed by atoms with van der Waals surface area (Å²) in [7, 11) is 2.30. The van der Waals surface area contributed by atoms with E-state index in [1.807, 2.05) is 0 Å². The molecule has 2 atom stereocenters. The number of halogens is 1. The third-order valence-corrected chi connectivity index (χ3v) is 3.69. The molecular formula is C11H20IN. The largest absolute Gasteiger partial charge is 1.00 e. The minimum atomic E-state index is 0. The maximum absolute atomic E-state index is 5.40. The maximum Gasteiger partial charge on any atom is 0.140 e. The summed E-state index contributed by atoms with van der Waals surface area (Å²) < 4.78 is 1.08. The molecule has 0 saturated carbocycles. The van der Waals surface area contributed by atoms with Crippen LogP contribution in [0.5, 0.6) is 0 Å². The van der Waals surface area contributed by atoms with Crippen molar-refractivity contribution < 1.29 is 28.5 Å². The Kier molecular flexibility index (Phi) is 5.31. The minimum absolute atomic E-state index is 0. The predicted molar refractivity (Wildman–Crippen MR) is 52.7 cm³/mol. The average Bonchev–Trinajstić information content (AvgIpc) is 2.02. The molecule has 0 aromatic heterocycles. The van der Waals surface area contributed by atoms with Crippen molar-refractivity contribution in [1.82, 2.24) is 0 Å². The lowest BCUT2D eigenvalue weighted by atomic mass is 9.94. The number of likely N-dealkylation sites (tertiary alicyclic amines) is 1. The molecule has 0 bridgehead atoms. The van der Waals surface area contributed by atoms with E-state index in [4.69, 9.17) is 6.42 Å². The SMILES string of the molecule is C#CC[N+]1(C)C(C)CCCC1C.[I-]. The van der Waals surface area contributed by atoms with Gasteiger partial charge < -0.3 is 28.5 Å². The Balaban J connectivity index is 0.00000144. The molecule has 2 unspecified atom stereocenters. The molecule has 0 aromatic carbocycles. The molecule has 0 radical (unpaired) electrons. The molecule has 13 heavy (non-hydrogen) atoms. The molecule has 1 aliphatic heterocycles. The summed E-state index contributed by atoms with van der Waals surface area (Å²) in [5, 5.41) is 0. The second kappa shape index (κ2) is 5.21. The summed E-state index contributed by atoms with van der Waals surface area (Å²) in [5.41, 5.74) is 0. The van der Waals surface area contributed by atoms with Crippen LogP contribution in [0.15, 0.2) is 0 Å². The Labute approximate surface area is 99.5 Å². The number of hydrogen-bond acceptors (Lipinski definition) is 0. The first-order valence-electron chi connectivity index (χ1n) is 4.89. The van der Waals surface area contributed by atoms with Crippen LogP contribution in [0, 0.1) is 12.3 Å². The second-order valence-corrected chi connectivity index (χ2v) is 4.34. The minimum Gasteiger partial charge on any atom is -1.00 e. The molecule has 76 valence electrons. The van der Waals surface area contributed by atoms with Gasteiger partial charge in [0.05, 0.1) is 19.1 Å². The summed E-state index contributed by atoms with van der Waals surface area (Å²) in [6.07, 6.45) is 9.45. The average molecular weight is 293 g/mol. The molecule has 2 heteroatoms. The molecule has 1 rings (SSSR count). The lowest BCUT2D eigenvalue weighted by Gasteiger charge is -2.47. The molecule has 0 aliphatic carbocycles. The molecule has 1 fully saturated rings. The molecule has 0 N–H and O–H groups in total. The van der Waals surface area contributed by atoms with E-state index in [1.54, 1.807) is 0 Å². The van der Waals surface area contributed by atoms with Crippen molar-refractivity contribution in [3.05, 3.63) is 0 Å². The summed E-state index contributed by atoms with van der Waals surface area (Å²) in [6.45, 7) is 5.54. The Bertz CT molecular complexity index is 185. The number of quaternary nitrogens is 1. The van der Waals surface area contributed by atoms with Gasteiger partial charge >= 0.3 is 0 Å². The van der Waals surface area contributed by atoms with E-state index in [-0.39, 0.29) is 24.0 Å². The smallest absolute Gasteiger partial charge is 0.140 e. The Morgan fingerprint density at radius 3 is 2.15 bits per heavy atom. The third-order valence-electron chi connectivity index (χ3n) is 3.69. The van der Waals surface area contributed by atoms with Gasteiger partial charge in [0.2, 0.25) is 0 Å². The summed E-state index contributed by atoms with van der Waals surface area (Å²) in [6, 6.07) is 1.48. The first-order valence-corrected chi connectivity index (χ1v) is 4.89. The van der Waals surface area contributed by atoms with Gasteiger partial charge in [-0.1, -0.05) is 0 Å². The van der Waals surface area contributed by atoms with E-state index in [0.29, 0.717) is 0 Å². The summed E-state index contributed by atoms with van der Waals surface area (Å²) >= 11 is 0. The first kappa shape index (κ1) is 13.2. The zero-order valence-electron chi connectivity index (χ0n) is 8.89. The summed E-state index contributed by atoms with van der Waals surface area (Å²) in [4.78, 5) is 0. The monoisotopic (exact) mass is 293 g/mol. The van der Waals surface area contributed by atoms with Crippen LogP contribution in [-0.2, 0) is 0 Å². The quantitative estimate of drug-likeness (QED) is 0.332. The van der Waals surface area contributed by atoms with Crippen molar-refractivity contribution in [2.24, 2.45) is 0 Å². The maximum atomic E-state index is 5.40. The molecule has 0 amide bonds. The Morgan fingerprint density at radius 2 is 1.77 bits per heavy atom. The van der Waals surface area contributed by atoms with Gasteiger partial charge in [0.25, 0.3) is 0 Å². The van der Waals surface area contributed by atoms with Crippen molar-refractivity contribution in [3.63, 3.8) is 0 Å². The lowest BCUT2D eigenvalue weighted by molar-refractivity contribution is -0.951. The molecule has 1 nitrogen and oxygen atoms in total. The van der Waals surface area contributed by atoms with Crippen molar-refractivity contribution in [2.45, 2.75) is 45.2 Å². The highest BCUT2D eigenvalue weighted by atomic mass is 127. The molecule has 1 saturated heterocycles. The number of rotatable bonds is 1. The van der Waals surface area contributed by atoms with Crippen molar-refractivity contribution >= 4 is 0 Å². The van der Waals surface area contributed by atoms with Gasteiger partial charge in [-0.2, -0.15) is 0 Å².